The van der Waals surface area contributed by atoms with Gasteiger partial charge in [0.15, 0.2) is 18.0 Å². The average molecular weight is 843 g/mol. The molecule has 2 aliphatic rings. The fourth-order valence-electron chi connectivity index (χ4n) is 7.22. The molecule has 4 N–H and O–H groups in total. The first-order valence-corrected chi connectivity index (χ1v) is 20.4. The van der Waals surface area contributed by atoms with Crippen LogP contribution >= 0.6 is 0 Å². The Labute approximate surface area is 351 Å². The van der Waals surface area contributed by atoms with Gasteiger partial charge in [0.25, 0.3) is 0 Å². The van der Waals surface area contributed by atoms with Crippen LogP contribution in [0.1, 0.15) is 99.3 Å². The van der Waals surface area contributed by atoms with E-state index in [1.165, 1.54) is 26.0 Å². The van der Waals surface area contributed by atoms with Crippen LogP contribution in [0.4, 0.5) is 10.5 Å². The fourth-order valence-corrected chi connectivity index (χ4v) is 7.22. The average Bonchev–Trinajstić information content (AvgIpc) is 3.15. The number of ketones is 1. The van der Waals surface area contributed by atoms with Gasteiger partial charge in [-0.2, -0.15) is 0 Å². The molecule has 0 spiro atoms. The Kier molecular flexibility index (Phi) is 16.5. The largest absolute Gasteiger partial charge is 0.460 e. The fraction of sp³-hybridized carbons (Fsp3) is 0.614. The maximum absolute atomic E-state index is 13.8. The monoisotopic (exact) mass is 842 g/mol. The summed E-state index contributed by atoms with van der Waals surface area (Å²) >= 11 is 0. The molecule has 2 aromatic carbocycles. The molecular formula is C44H62N2O14. The SMILES string of the molecule is CC(=O)OC1[C@H](Oc2ccc(CC(=O)[C@H](CC(=O)Nc3ccc(O[C@@H]4OC(C)[C@@H](C)[C@H](C)C4OC(C)=O)c(CO)c3)NC(=O)OC(C)(C)C)cc2CO)OC(C)[C@@H](C)[C@@H]1C. The van der Waals surface area contributed by atoms with E-state index in [0.29, 0.717) is 16.7 Å². The molecule has 0 bridgehead atoms. The highest BCUT2D eigenvalue weighted by Crippen LogP contribution is 2.37. The third kappa shape index (κ3) is 12.9. The number of benzene rings is 2. The van der Waals surface area contributed by atoms with Gasteiger partial charge < -0.3 is 54.0 Å². The van der Waals surface area contributed by atoms with Crippen LogP contribution in [0, 0.1) is 23.7 Å². The standard InChI is InChI=1S/C44H62N2O14/c1-22-24(3)39(56-28(7)49)41(54-26(22)5)58-36-14-12-30(16-31(36)20-47)17-35(51)34(46-43(53)60-44(9,10)11)19-38(52)45-33-13-15-37(32(18-33)21-48)59-42-40(57-29(8)50)25(4)23(2)27(6)55-42/h12-16,18,22-27,34,39-42,47-48H,17,19-21H2,1-11H3,(H,45,52)(H,46,53)/t22-,23-,24-,25-,26?,27?,34-,39?,40?,41-,42-/m0/s1. The lowest BCUT2D eigenvalue weighted by molar-refractivity contribution is -0.243. The number of Topliss-reactive ketones (excluding diaryl/α,β-unsaturated/α-hetero) is 1. The molecule has 2 saturated heterocycles. The van der Waals surface area contributed by atoms with Crippen LogP contribution in [0.15, 0.2) is 36.4 Å². The predicted molar refractivity (Wildman–Crippen MR) is 218 cm³/mol. The van der Waals surface area contributed by atoms with Crippen molar-refractivity contribution in [3.63, 3.8) is 0 Å². The molecule has 11 atom stereocenters. The molecule has 332 valence electrons. The van der Waals surface area contributed by atoms with Crippen LogP contribution in [0.5, 0.6) is 11.5 Å². The van der Waals surface area contributed by atoms with E-state index >= 15 is 0 Å². The van der Waals surface area contributed by atoms with Crippen molar-refractivity contribution in [1.82, 2.24) is 5.32 Å². The van der Waals surface area contributed by atoms with Gasteiger partial charge in [0.2, 0.25) is 18.5 Å². The molecule has 16 heteroatoms. The number of carbonyl (C=O) groups excluding carboxylic acids is 5. The molecule has 60 heavy (non-hydrogen) atoms. The zero-order valence-electron chi connectivity index (χ0n) is 36.4. The number of esters is 2. The quantitative estimate of drug-likeness (QED) is 0.131. The molecule has 2 amide bonds. The van der Waals surface area contributed by atoms with Crippen LogP contribution in [-0.4, -0.2) is 88.6 Å². The molecule has 2 aromatic rings. The highest BCUT2D eigenvalue weighted by atomic mass is 16.7. The molecular weight excluding hydrogens is 780 g/mol. The zero-order valence-corrected chi connectivity index (χ0v) is 36.4. The van der Waals surface area contributed by atoms with Crippen molar-refractivity contribution in [2.24, 2.45) is 23.7 Å². The number of anilines is 1. The van der Waals surface area contributed by atoms with Crippen LogP contribution in [0.25, 0.3) is 0 Å². The molecule has 4 unspecified atom stereocenters. The Bertz CT molecular complexity index is 1840. The Balaban J connectivity index is 1.50. The number of aliphatic hydroxyl groups excluding tert-OH is 2. The molecule has 4 rings (SSSR count). The molecule has 2 fully saturated rings. The van der Waals surface area contributed by atoms with E-state index in [9.17, 15) is 34.2 Å². The van der Waals surface area contributed by atoms with Gasteiger partial charge in [-0.05, 0) is 82.3 Å². The van der Waals surface area contributed by atoms with Crippen molar-refractivity contribution in [2.75, 3.05) is 5.32 Å². The van der Waals surface area contributed by atoms with Crippen molar-refractivity contribution in [3.8, 4) is 11.5 Å². The first-order valence-electron chi connectivity index (χ1n) is 20.4. The number of alkyl carbamates (subject to hydrolysis) is 1. The van der Waals surface area contributed by atoms with Gasteiger partial charge in [0.1, 0.15) is 17.1 Å². The minimum Gasteiger partial charge on any atom is -0.460 e. The lowest BCUT2D eigenvalue weighted by atomic mass is 9.84. The van der Waals surface area contributed by atoms with Crippen LogP contribution in [0.2, 0.25) is 0 Å². The van der Waals surface area contributed by atoms with Crippen molar-refractivity contribution in [1.29, 1.82) is 0 Å². The summed E-state index contributed by atoms with van der Waals surface area (Å²) in [7, 11) is 0. The van der Waals surface area contributed by atoms with E-state index < -0.39 is 85.8 Å². The summed E-state index contributed by atoms with van der Waals surface area (Å²) < 4.78 is 41.0. The van der Waals surface area contributed by atoms with E-state index in [1.807, 2.05) is 41.5 Å². The van der Waals surface area contributed by atoms with Crippen molar-refractivity contribution < 1.29 is 67.3 Å². The van der Waals surface area contributed by atoms with Gasteiger partial charge in [-0.1, -0.05) is 33.8 Å². The topological polar surface area (TPSA) is 214 Å². The molecule has 2 heterocycles. The van der Waals surface area contributed by atoms with Crippen LogP contribution in [-0.2, 0) is 62.5 Å². The summed E-state index contributed by atoms with van der Waals surface area (Å²) in [5, 5.41) is 25.8. The maximum atomic E-state index is 13.8. The number of hydrogen-bond donors (Lipinski definition) is 4. The number of aliphatic hydroxyl groups is 2. The predicted octanol–water partition coefficient (Wildman–Crippen LogP) is 5.36. The number of ether oxygens (including phenoxy) is 7. The van der Waals surface area contributed by atoms with Gasteiger partial charge in [-0.3, -0.25) is 19.2 Å². The Morgan fingerprint density at radius 3 is 1.67 bits per heavy atom. The van der Waals surface area contributed by atoms with Crippen molar-refractivity contribution >= 4 is 35.4 Å². The third-order valence-corrected chi connectivity index (χ3v) is 11.2. The Morgan fingerprint density at radius 1 is 0.717 bits per heavy atom. The van der Waals surface area contributed by atoms with E-state index in [4.69, 9.17) is 33.2 Å². The zero-order chi connectivity index (χ0) is 44.6. The van der Waals surface area contributed by atoms with Crippen LogP contribution in [0.3, 0.4) is 0 Å². The normalized spacial score (nSPS) is 27.1. The van der Waals surface area contributed by atoms with Gasteiger partial charge in [0, 0.05) is 48.9 Å². The second-order valence-electron chi connectivity index (χ2n) is 16.9. The molecule has 0 saturated carbocycles. The highest BCUT2D eigenvalue weighted by Gasteiger charge is 2.45. The summed E-state index contributed by atoms with van der Waals surface area (Å²) in [6.07, 6.45) is -5.34. The summed E-state index contributed by atoms with van der Waals surface area (Å²) in [6.45, 7) is 18.4. The number of rotatable bonds is 15. The lowest BCUT2D eigenvalue weighted by Crippen LogP contribution is -2.52. The second kappa shape index (κ2) is 20.7. The smallest absolute Gasteiger partial charge is 0.408 e. The van der Waals surface area contributed by atoms with Gasteiger partial charge in [0.05, 0.1) is 37.9 Å². The lowest BCUT2D eigenvalue weighted by Gasteiger charge is -2.42. The first-order chi connectivity index (χ1) is 28.1. The Hall–Kier alpha value is -4.77. The minimum absolute atomic E-state index is 0.0746. The number of hydrogen-bond acceptors (Lipinski definition) is 14. The van der Waals surface area contributed by atoms with E-state index in [0.717, 1.165) is 0 Å². The summed E-state index contributed by atoms with van der Waals surface area (Å²) in [5.41, 5.74) is 0.482. The van der Waals surface area contributed by atoms with Crippen LogP contribution < -0.4 is 20.1 Å². The minimum atomic E-state index is -1.33. The van der Waals surface area contributed by atoms with E-state index in [2.05, 4.69) is 10.6 Å². The molecule has 2 aliphatic heterocycles. The van der Waals surface area contributed by atoms with Crippen molar-refractivity contribution in [3.05, 3.63) is 53.1 Å². The van der Waals surface area contributed by atoms with Gasteiger partial charge in [-0.15, -0.1) is 0 Å². The first kappa shape index (κ1) is 47.9. The maximum Gasteiger partial charge on any atom is 0.408 e. The van der Waals surface area contributed by atoms with E-state index in [-0.39, 0.29) is 59.5 Å². The number of carbonyl (C=O) groups is 5. The van der Waals surface area contributed by atoms with E-state index in [1.54, 1.807) is 45.0 Å². The highest BCUT2D eigenvalue weighted by molar-refractivity contribution is 5.98. The summed E-state index contributed by atoms with van der Waals surface area (Å²) in [5.74, 6) is -1.63. The second-order valence-corrected chi connectivity index (χ2v) is 16.9. The summed E-state index contributed by atoms with van der Waals surface area (Å²) in [4.78, 5) is 64.1. The molecule has 0 aliphatic carbocycles. The number of nitrogens with one attached hydrogen (secondary N) is 2. The Morgan fingerprint density at radius 2 is 1.20 bits per heavy atom. The van der Waals surface area contributed by atoms with Gasteiger partial charge in [-0.25, -0.2) is 4.79 Å². The molecule has 0 radical (unpaired) electrons. The van der Waals surface area contributed by atoms with Gasteiger partial charge >= 0.3 is 18.0 Å². The van der Waals surface area contributed by atoms with Crippen molar-refractivity contribution in [2.45, 2.75) is 151 Å². The molecule has 16 nitrogen and oxygen atoms in total. The molecule has 0 aromatic heterocycles. The third-order valence-electron chi connectivity index (χ3n) is 11.2. The number of amides is 2. The summed E-state index contributed by atoms with van der Waals surface area (Å²) in [6, 6.07) is 8.01.